The summed E-state index contributed by atoms with van der Waals surface area (Å²) >= 11 is 0. The predicted molar refractivity (Wildman–Crippen MR) is 52.7 cm³/mol. The molecule has 15 heavy (non-hydrogen) atoms. The Morgan fingerprint density at radius 1 is 1.53 bits per heavy atom. The molecule has 2 rings (SSSR count). The molecule has 1 fully saturated rings. The van der Waals surface area contributed by atoms with E-state index in [0.717, 1.165) is 5.71 Å². The quantitative estimate of drug-likeness (QED) is 0.782. The fraction of sp³-hybridized carbons (Fsp3) is 0.900. The molecular formula is C10H16F2N2O. The predicted octanol–water partition coefficient (Wildman–Crippen LogP) is 1.68. The van der Waals surface area contributed by atoms with Crippen LogP contribution in [0.3, 0.4) is 0 Å². The summed E-state index contributed by atoms with van der Waals surface area (Å²) in [5, 5.41) is 15.3. The lowest BCUT2D eigenvalue weighted by Gasteiger charge is -2.43. The Balaban J connectivity index is 1.80. The maximum Gasteiger partial charge on any atom is 0.248 e. The van der Waals surface area contributed by atoms with Crippen molar-refractivity contribution in [3.8, 4) is 0 Å². The summed E-state index contributed by atoms with van der Waals surface area (Å²) in [5.41, 5.74) is 0.751. The summed E-state index contributed by atoms with van der Waals surface area (Å²) < 4.78 is 25.1. The second kappa shape index (κ2) is 3.40. The maximum absolute atomic E-state index is 12.5. The van der Waals surface area contributed by atoms with Gasteiger partial charge < -0.3 is 5.11 Å². The third kappa shape index (κ3) is 1.97. The van der Waals surface area contributed by atoms with Crippen molar-refractivity contribution in [1.82, 2.24) is 5.01 Å². The average molecular weight is 218 g/mol. The molecule has 1 aliphatic carbocycles. The summed E-state index contributed by atoms with van der Waals surface area (Å²) in [5.74, 6) is -2.28. The van der Waals surface area contributed by atoms with Gasteiger partial charge in [-0.1, -0.05) is 13.8 Å². The first kappa shape index (κ1) is 10.8. The molecule has 0 aromatic carbocycles. The molecule has 0 aromatic rings. The Morgan fingerprint density at radius 3 is 2.53 bits per heavy atom. The van der Waals surface area contributed by atoms with Crippen LogP contribution in [0.5, 0.6) is 0 Å². The van der Waals surface area contributed by atoms with Crippen LogP contribution in [0.2, 0.25) is 0 Å². The normalized spacial score (nSPS) is 29.9. The number of hydrazone groups is 1. The summed E-state index contributed by atoms with van der Waals surface area (Å²) in [6, 6.07) is 0. The Bertz CT molecular complexity index is 283. The van der Waals surface area contributed by atoms with E-state index in [-0.39, 0.29) is 24.7 Å². The zero-order chi connectivity index (χ0) is 11.2. The molecule has 2 aliphatic rings. The van der Waals surface area contributed by atoms with Crippen LogP contribution < -0.4 is 0 Å². The fourth-order valence-electron chi connectivity index (χ4n) is 2.08. The third-order valence-corrected chi connectivity index (χ3v) is 3.00. The number of halogens is 2. The van der Waals surface area contributed by atoms with Gasteiger partial charge in [-0.05, 0) is 11.8 Å². The second-order valence-corrected chi connectivity index (χ2v) is 4.81. The van der Waals surface area contributed by atoms with Crippen LogP contribution in [0.15, 0.2) is 5.10 Å². The van der Waals surface area contributed by atoms with E-state index in [9.17, 15) is 13.9 Å². The van der Waals surface area contributed by atoms with E-state index in [4.69, 9.17) is 0 Å². The van der Waals surface area contributed by atoms with Crippen molar-refractivity contribution in [2.45, 2.75) is 38.8 Å². The number of aliphatic hydroxyl groups is 1. The van der Waals surface area contributed by atoms with Crippen LogP contribution in [0.25, 0.3) is 0 Å². The zero-order valence-corrected chi connectivity index (χ0v) is 8.95. The van der Waals surface area contributed by atoms with Crippen molar-refractivity contribution >= 4 is 5.71 Å². The van der Waals surface area contributed by atoms with Crippen LogP contribution in [0.1, 0.15) is 26.7 Å². The molecule has 1 unspecified atom stereocenters. The minimum atomic E-state index is -2.48. The van der Waals surface area contributed by atoms with E-state index in [1.54, 1.807) is 0 Å². The van der Waals surface area contributed by atoms with Gasteiger partial charge >= 0.3 is 0 Å². The van der Waals surface area contributed by atoms with Gasteiger partial charge in [-0.25, -0.2) is 8.78 Å². The molecule has 1 aliphatic heterocycles. The molecule has 1 heterocycles. The summed E-state index contributed by atoms with van der Waals surface area (Å²) in [7, 11) is 0. The summed E-state index contributed by atoms with van der Waals surface area (Å²) in [4.78, 5) is 0. The first-order valence-corrected chi connectivity index (χ1v) is 5.30. The fourth-order valence-corrected chi connectivity index (χ4v) is 2.08. The molecular weight excluding hydrogens is 202 g/mol. The molecule has 3 nitrogen and oxygen atoms in total. The Kier molecular flexibility index (Phi) is 2.45. The van der Waals surface area contributed by atoms with Crippen LogP contribution in [0.4, 0.5) is 8.78 Å². The highest BCUT2D eigenvalue weighted by molar-refractivity contribution is 5.92. The number of aliphatic hydroxyl groups excluding tert-OH is 1. The monoisotopic (exact) mass is 218 g/mol. The van der Waals surface area contributed by atoms with Gasteiger partial charge in [0.15, 0.2) is 6.23 Å². The number of alkyl halides is 2. The molecule has 5 heteroatoms. The number of rotatable bonds is 3. The van der Waals surface area contributed by atoms with Gasteiger partial charge in [0.05, 0.1) is 5.71 Å². The van der Waals surface area contributed by atoms with Crippen LogP contribution in [-0.4, -0.2) is 34.5 Å². The minimum absolute atomic E-state index is 0.0212. The van der Waals surface area contributed by atoms with Gasteiger partial charge in [-0.15, -0.1) is 0 Å². The standard InChI is InChI=1S/C10H16F2N2O/c1-6(2)8-9(15)14(13-8)5-7-3-10(11,12)4-7/h6-7,9,15H,3-5H2,1-2H3. The molecule has 1 saturated carbocycles. The Hall–Kier alpha value is -0.710. The largest absolute Gasteiger partial charge is 0.367 e. The van der Waals surface area contributed by atoms with Gasteiger partial charge in [0.1, 0.15) is 0 Å². The topological polar surface area (TPSA) is 35.8 Å². The highest BCUT2D eigenvalue weighted by Gasteiger charge is 2.47. The van der Waals surface area contributed by atoms with Crippen LogP contribution >= 0.6 is 0 Å². The second-order valence-electron chi connectivity index (χ2n) is 4.81. The summed E-state index contributed by atoms with van der Waals surface area (Å²) in [6.45, 7) is 4.36. The van der Waals surface area contributed by atoms with Crippen molar-refractivity contribution < 1.29 is 13.9 Å². The zero-order valence-electron chi connectivity index (χ0n) is 8.95. The van der Waals surface area contributed by atoms with E-state index < -0.39 is 12.2 Å². The average Bonchev–Trinajstić information content (AvgIpc) is 2.06. The van der Waals surface area contributed by atoms with Gasteiger partial charge in [0, 0.05) is 19.4 Å². The molecule has 0 saturated heterocycles. The van der Waals surface area contributed by atoms with Crippen molar-refractivity contribution in [3.05, 3.63) is 0 Å². The molecule has 0 amide bonds. The van der Waals surface area contributed by atoms with Crippen LogP contribution in [0, 0.1) is 11.8 Å². The highest BCUT2D eigenvalue weighted by atomic mass is 19.3. The molecule has 0 bridgehead atoms. The minimum Gasteiger partial charge on any atom is -0.367 e. The lowest BCUT2D eigenvalue weighted by Crippen LogP contribution is -2.53. The molecule has 0 spiro atoms. The number of nitrogens with zero attached hydrogens (tertiary/aromatic N) is 2. The molecule has 86 valence electrons. The van der Waals surface area contributed by atoms with Crippen molar-refractivity contribution in [2.75, 3.05) is 6.54 Å². The van der Waals surface area contributed by atoms with Gasteiger partial charge in [-0.2, -0.15) is 5.10 Å². The van der Waals surface area contributed by atoms with E-state index in [0.29, 0.717) is 6.54 Å². The van der Waals surface area contributed by atoms with E-state index in [1.807, 2.05) is 13.8 Å². The van der Waals surface area contributed by atoms with E-state index in [2.05, 4.69) is 5.10 Å². The highest BCUT2D eigenvalue weighted by Crippen LogP contribution is 2.43. The molecule has 1 N–H and O–H groups in total. The van der Waals surface area contributed by atoms with Crippen LogP contribution in [-0.2, 0) is 0 Å². The molecule has 0 aromatic heterocycles. The Labute approximate surface area is 87.8 Å². The lowest BCUT2D eigenvalue weighted by atomic mass is 9.81. The molecule has 0 radical (unpaired) electrons. The van der Waals surface area contributed by atoms with Gasteiger partial charge in [-0.3, -0.25) is 5.01 Å². The lowest BCUT2D eigenvalue weighted by molar-refractivity contribution is -0.126. The smallest absolute Gasteiger partial charge is 0.248 e. The van der Waals surface area contributed by atoms with Gasteiger partial charge in [0.2, 0.25) is 5.92 Å². The first-order chi connectivity index (χ1) is 6.89. The van der Waals surface area contributed by atoms with E-state index in [1.165, 1.54) is 5.01 Å². The number of hydrogen-bond donors (Lipinski definition) is 1. The van der Waals surface area contributed by atoms with Crippen molar-refractivity contribution in [2.24, 2.45) is 16.9 Å². The summed E-state index contributed by atoms with van der Waals surface area (Å²) in [6.07, 6.45) is -0.787. The molecule has 1 atom stereocenters. The van der Waals surface area contributed by atoms with Crippen molar-refractivity contribution in [1.29, 1.82) is 0 Å². The van der Waals surface area contributed by atoms with Crippen molar-refractivity contribution in [3.63, 3.8) is 0 Å². The van der Waals surface area contributed by atoms with Gasteiger partial charge in [0.25, 0.3) is 0 Å². The maximum atomic E-state index is 12.5. The first-order valence-electron chi connectivity index (χ1n) is 5.30. The van der Waals surface area contributed by atoms with E-state index >= 15 is 0 Å². The number of hydrogen-bond acceptors (Lipinski definition) is 3. The SMILES string of the molecule is CC(C)C1=NN(CC2CC(F)(F)C2)C1O. The third-order valence-electron chi connectivity index (χ3n) is 3.00. The Morgan fingerprint density at radius 2 is 2.13 bits per heavy atom.